The SMILES string of the molecule is CC(C)=CCC1C=CC=CC1=O. The second-order valence-corrected chi connectivity index (χ2v) is 3.27. The van der Waals surface area contributed by atoms with Crippen molar-refractivity contribution in [1.82, 2.24) is 0 Å². The first-order valence-corrected chi connectivity index (χ1v) is 4.22. The molecule has 0 heterocycles. The van der Waals surface area contributed by atoms with Crippen molar-refractivity contribution in [2.24, 2.45) is 5.92 Å². The molecule has 1 nitrogen and oxygen atoms in total. The van der Waals surface area contributed by atoms with Crippen LogP contribution in [0.5, 0.6) is 0 Å². The standard InChI is InChI=1S/C11H14O/c1-9(2)7-8-10-5-3-4-6-11(10)12/h3-7,10H,8H2,1-2H3. The third-order valence-corrected chi connectivity index (χ3v) is 1.86. The van der Waals surface area contributed by atoms with Gasteiger partial charge in [-0.3, -0.25) is 4.79 Å². The van der Waals surface area contributed by atoms with Crippen LogP contribution in [-0.2, 0) is 4.79 Å². The zero-order valence-corrected chi connectivity index (χ0v) is 7.58. The fraction of sp³-hybridized carbons (Fsp3) is 0.364. The van der Waals surface area contributed by atoms with E-state index >= 15 is 0 Å². The maximum absolute atomic E-state index is 11.2. The molecule has 0 aromatic rings. The summed E-state index contributed by atoms with van der Waals surface area (Å²) in [5.41, 5.74) is 1.27. The second kappa shape index (κ2) is 4.05. The van der Waals surface area contributed by atoms with Crippen LogP contribution < -0.4 is 0 Å². The summed E-state index contributed by atoms with van der Waals surface area (Å²) >= 11 is 0. The van der Waals surface area contributed by atoms with E-state index in [1.165, 1.54) is 5.57 Å². The fourth-order valence-corrected chi connectivity index (χ4v) is 1.12. The lowest BCUT2D eigenvalue weighted by molar-refractivity contribution is -0.116. The average molecular weight is 162 g/mol. The molecule has 1 aliphatic rings. The van der Waals surface area contributed by atoms with E-state index in [1.54, 1.807) is 12.2 Å². The van der Waals surface area contributed by atoms with Crippen molar-refractivity contribution in [2.45, 2.75) is 20.3 Å². The van der Waals surface area contributed by atoms with Gasteiger partial charge in [-0.25, -0.2) is 0 Å². The Morgan fingerprint density at radius 2 is 2.25 bits per heavy atom. The zero-order valence-electron chi connectivity index (χ0n) is 7.58. The van der Waals surface area contributed by atoms with Gasteiger partial charge < -0.3 is 0 Å². The van der Waals surface area contributed by atoms with Gasteiger partial charge in [0.05, 0.1) is 0 Å². The van der Waals surface area contributed by atoms with Crippen LogP contribution >= 0.6 is 0 Å². The maximum atomic E-state index is 11.2. The Kier molecular flexibility index (Phi) is 3.03. The number of hydrogen-bond donors (Lipinski definition) is 0. The Morgan fingerprint density at radius 1 is 1.50 bits per heavy atom. The van der Waals surface area contributed by atoms with Gasteiger partial charge in [0.15, 0.2) is 5.78 Å². The van der Waals surface area contributed by atoms with Crippen molar-refractivity contribution < 1.29 is 4.79 Å². The maximum Gasteiger partial charge on any atom is 0.162 e. The summed E-state index contributed by atoms with van der Waals surface area (Å²) in [6.07, 6.45) is 10.3. The highest BCUT2D eigenvalue weighted by molar-refractivity contribution is 5.94. The molecular weight excluding hydrogens is 148 g/mol. The normalized spacial score (nSPS) is 21.2. The number of allylic oxidation sites excluding steroid dienone is 6. The van der Waals surface area contributed by atoms with Crippen molar-refractivity contribution in [1.29, 1.82) is 0 Å². The van der Waals surface area contributed by atoms with Gasteiger partial charge >= 0.3 is 0 Å². The molecule has 1 heteroatoms. The molecule has 0 saturated heterocycles. The number of rotatable bonds is 2. The minimum absolute atomic E-state index is 0.0740. The average Bonchev–Trinajstić information content (AvgIpc) is 2.03. The van der Waals surface area contributed by atoms with E-state index < -0.39 is 0 Å². The van der Waals surface area contributed by atoms with Gasteiger partial charge in [-0.05, 0) is 26.3 Å². The Morgan fingerprint density at radius 3 is 2.83 bits per heavy atom. The molecule has 0 spiro atoms. The van der Waals surface area contributed by atoms with Crippen LogP contribution in [0.3, 0.4) is 0 Å². The van der Waals surface area contributed by atoms with E-state index in [-0.39, 0.29) is 11.7 Å². The van der Waals surface area contributed by atoms with Crippen LogP contribution in [-0.4, -0.2) is 5.78 Å². The molecule has 0 fully saturated rings. The quantitative estimate of drug-likeness (QED) is 0.570. The highest BCUT2D eigenvalue weighted by Gasteiger charge is 2.12. The fourth-order valence-electron chi connectivity index (χ4n) is 1.12. The molecule has 0 saturated carbocycles. The van der Waals surface area contributed by atoms with Crippen LogP contribution in [0.2, 0.25) is 0 Å². The van der Waals surface area contributed by atoms with Crippen LogP contribution in [0.15, 0.2) is 36.0 Å². The van der Waals surface area contributed by atoms with Crippen molar-refractivity contribution in [3.8, 4) is 0 Å². The summed E-state index contributed by atoms with van der Waals surface area (Å²) in [6.45, 7) is 4.10. The Hall–Kier alpha value is -1.11. The summed E-state index contributed by atoms with van der Waals surface area (Å²) in [4.78, 5) is 11.2. The third kappa shape index (κ3) is 2.50. The molecule has 0 aromatic carbocycles. The molecule has 64 valence electrons. The highest BCUT2D eigenvalue weighted by atomic mass is 16.1. The van der Waals surface area contributed by atoms with E-state index in [4.69, 9.17) is 0 Å². The predicted octanol–water partition coefficient (Wildman–Crippen LogP) is 2.65. The lowest BCUT2D eigenvalue weighted by Gasteiger charge is -2.08. The molecule has 0 N–H and O–H groups in total. The first-order chi connectivity index (χ1) is 5.70. The Balaban J connectivity index is 2.54. The summed E-state index contributed by atoms with van der Waals surface area (Å²) in [7, 11) is 0. The van der Waals surface area contributed by atoms with Gasteiger partial charge in [-0.1, -0.05) is 29.9 Å². The zero-order chi connectivity index (χ0) is 8.97. The van der Waals surface area contributed by atoms with Gasteiger partial charge in [0.25, 0.3) is 0 Å². The van der Waals surface area contributed by atoms with Gasteiger partial charge in [-0.15, -0.1) is 0 Å². The number of carbonyl (C=O) groups is 1. The van der Waals surface area contributed by atoms with Crippen molar-refractivity contribution in [3.05, 3.63) is 36.0 Å². The van der Waals surface area contributed by atoms with E-state index in [0.29, 0.717) is 0 Å². The van der Waals surface area contributed by atoms with E-state index in [0.717, 1.165) is 6.42 Å². The highest BCUT2D eigenvalue weighted by Crippen LogP contribution is 2.13. The number of ketones is 1. The minimum atomic E-state index is 0.0740. The minimum Gasteiger partial charge on any atom is -0.294 e. The Bertz CT molecular complexity index is 252. The largest absolute Gasteiger partial charge is 0.294 e. The molecule has 1 aliphatic carbocycles. The van der Waals surface area contributed by atoms with Crippen LogP contribution in [0.25, 0.3) is 0 Å². The van der Waals surface area contributed by atoms with Crippen molar-refractivity contribution in [2.75, 3.05) is 0 Å². The van der Waals surface area contributed by atoms with Crippen molar-refractivity contribution >= 4 is 5.78 Å². The first-order valence-electron chi connectivity index (χ1n) is 4.22. The molecule has 1 atom stereocenters. The van der Waals surface area contributed by atoms with Crippen LogP contribution in [0, 0.1) is 5.92 Å². The molecule has 0 radical (unpaired) electrons. The molecular formula is C11H14O. The van der Waals surface area contributed by atoms with Gasteiger partial charge in [0, 0.05) is 5.92 Å². The lowest BCUT2D eigenvalue weighted by atomic mass is 9.95. The Labute approximate surface area is 73.5 Å². The van der Waals surface area contributed by atoms with Crippen molar-refractivity contribution in [3.63, 3.8) is 0 Å². The van der Waals surface area contributed by atoms with Gasteiger partial charge in [0.1, 0.15) is 0 Å². The summed E-state index contributed by atoms with van der Waals surface area (Å²) in [6, 6.07) is 0. The molecule has 1 unspecified atom stereocenters. The third-order valence-electron chi connectivity index (χ3n) is 1.86. The number of hydrogen-bond acceptors (Lipinski definition) is 1. The second-order valence-electron chi connectivity index (χ2n) is 3.27. The number of carbonyl (C=O) groups excluding carboxylic acids is 1. The molecule has 0 bridgehead atoms. The lowest BCUT2D eigenvalue weighted by Crippen LogP contribution is -2.10. The van der Waals surface area contributed by atoms with Crippen LogP contribution in [0.4, 0.5) is 0 Å². The van der Waals surface area contributed by atoms with E-state index in [9.17, 15) is 4.79 Å². The summed E-state index contributed by atoms with van der Waals surface area (Å²) < 4.78 is 0. The molecule has 0 amide bonds. The topological polar surface area (TPSA) is 17.1 Å². The van der Waals surface area contributed by atoms with Gasteiger partial charge in [0.2, 0.25) is 0 Å². The van der Waals surface area contributed by atoms with E-state index in [1.807, 2.05) is 26.0 Å². The summed E-state index contributed by atoms with van der Waals surface area (Å²) in [5.74, 6) is 0.292. The van der Waals surface area contributed by atoms with Crippen LogP contribution in [0.1, 0.15) is 20.3 Å². The molecule has 0 aromatic heterocycles. The smallest absolute Gasteiger partial charge is 0.162 e. The summed E-state index contributed by atoms with van der Waals surface area (Å²) in [5, 5.41) is 0. The monoisotopic (exact) mass is 162 g/mol. The molecule has 12 heavy (non-hydrogen) atoms. The predicted molar refractivity (Wildman–Crippen MR) is 50.8 cm³/mol. The first kappa shape index (κ1) is 8.98. The molecule has 1 rings (SSSR count). The van der Waals surface area contributed by atoms with Gasteiger partial charge in [-0.2, -0.15) is 0 Å². The van der Waals surface area contributed by atoms with E-state index in [2.05, 4.69) is 6.08 Å². The molecule has 0 aliphatic heterocycles.